The highest BCUT2D eigenvalue weighted by atomic mass is 16.5. The van der Waals surface area contributed by atoms with E-state index in [0.29, 0.717) is 17.0 Å². The molecule has 1 amide bonds. The molecule has 0 aliphatic carbocycles. The summed E-state index contributed by atoms with van der Waals surface area (Å²) in [7, 11) is 1.61. The van der Waals surface area contributed by atoms with Gasteiger partial charge in [-0.05, 0) is 42.8 Å². The van der Waals surface area contributed by atoms with Gasteiger partial charge < -0.3 is 9.47 Å². The van der Waals surface area contributed by atoms with Crippen molar-refractivity contribution >= 4 is 22.8 Å². The second-order valence-electron chi connectivity index (χ2n) is 5.22. The van der Waals surface area contributed by atoms with Crippen molar-refractivity contribution in [2.75, 3.05) is 12.4 Å². The highest BCUT2D eigenvalue weighted by Gasteiger charge is 2.09. The van der Waals surface area contributed by atoms with Crippen LogP contribution in [-0.4, -0.2) is 23.2 Å². The van der Waals surface area contributed by atoms with Gasteiger partial charge in [0.05, 0.1) is 18.5 Å². The third-order valence-electron chi connectivity index (χ3n) is 3.55. The minimum atomic E-state index is -0.529. The van der Waals surface area contributed by atoms with Gasteiger partial charge in [-0.3, -0.25) is 5.32 Å². The number of pyridine rings is 2. The summed E-state index contributed by atoms with van der Waals surface area (Å²) in [5, 5.41) is 3.57. The molecule has 3 rings (SSSR count). The van der Waals surface area contributed by atoms with E-state index < -0.39 is 6.09 Å². The van der Waals surface area contributed by atoms with Crippen LogP contribution in [0.5, 0.6) is 5.75 Å². The molecule has 0 saturated heterocycles. The molecule has 122 valence electrons. The zero-order valence-electron chi connectivity index (χ0n) is 13.4. The first-order valence-electron chi connectivity index (χ1n) is 7.45. The van der Waals surface area contributed by atoms with Gasteiger partial charge in [-0.25, -0.2) is 14.8 Å². The number of aromatic nitrogens is 2. The van der Waals surface area contributed by atoms with E-state index in [4.69, 9.17) is 9.47 Å². The van der Waals surface area contributed by atoms with Crippen LogP contribution < -0.4 is 10.1 Å². The van der Waals surface area contributed by atoms with Gasteiger partial charge >= 0.3 is 6.09 Å². The Labute approximate surface area is 139 Å². The second kappa shape index (κ2) is 6.95. The third-order valence-corrected chi connectivity index (χ3v) is 3.55. The molecule has 0 fully saturated rings. The number of nitrogens with zero attached hydrogens (tertiary/aromatic N) is 2. The molecule has 0 unspecified atom stereocenters. The van der Waals surface area contributed by atoms with Crippen molar-refractivity contribution in [1.82, 2.24) is 9.97 Å². The van der Waals surface area contributed by atoms with Crippen molar-refractivity contribution < 1.29 is 14.3 Å². The van der Waals surface area contributed by atoms with Crippen LogP contribution >= 0.6 is 0 Å². The topological polar surface area (TPSA) is 73.3 Å². The van der Waals surface area contributed by atoms with Crippen LogP contribution in [0, 0.1) is 6.92 Å². The maximum absolute atomic E-state index is 12.0. The average molecular weight is 323 g/mol. The normalized spacial score (nSPS) is 10.4. The molecule has 6 nitrogen and oxygen atoms in total. The van der Waals surface area contributed by atoms with Gasteiger partial charge in [0.25, 0.3) is 0 Å². The van der Waals surface area contributed by atoms with Crippen LogP contribution in [0.3, 0.4) is 0 Å². The molecular formula is C18H17N3O3. The number of benzene rings is 1. The first-order valence-corrected chi connectivity index (χ1v) is 7.45. The maximum Gasteiger partial charge on any atom is 0.412 e. The van der Waals surface area contributed by atoms with Gasteiger partial charge in [-0.2, -0.15) is 0 Å². The van der Waals surface area contributed by atoms with Gasteiger partial charge in [0.2, 0.25) is 0 Å². The van der Waals surface area contributed by atoms with E-state index in [-0.39, 0.29) is 6.61 Å². The third kappa shape index (κ3) is 3.60. The van der Waals surface area contributed by atoms with E-state index in [1.807, 2.05) is 49.4 Å². The van der Waals surface area contributed by atoms with E-state index >= 15 is 0 Å². The molecule has 1 aromatic carbocycles. The summed E-state index contributed by atoms with van der Waals surface area (Å²) in [5.41, 5.74) is 2.81. The molecule has 0 aliphatic heterocycles. The molecule has 24 heavy (non-hydrogen) atoms. The lowest BCUT2D eigenvalue weighted by Crippen LogP contribution is -2.14. The van der Waals surface area contributed by atoms with Crippen molar-refractivity contribution in [3.8, 4) is 5.75 Å². The molecule has 0 radical (unpaired) electrons. The molecule has 0 spiro atoms. The predicted molar refractivity (Wildman–Crippen MR) is 91.1 cm³/mol. The molecule has 0 atom stereocenters. The molecule has 6 heteroatoms. The average Bonchev–Trinajstić information content (AvgIpc) is 2.61. The van der Waals surface area contributed by atoms with E-state index in [0.717, 1.165) is 16.7 Å². The van der Waals surface area contributed by atoms with Crippen molar-refractivity contribution in [3.05, 3.63) is 59.9 Å². The number of ether oxygens (including phenoxy) is 2. The van der Waals surface area contributed by atoms with Crippen LogP contribution in [-0.2, 0) is 11.3 Å². The fraction of sp³-hybridized carbons (Fsp3) is 0.167. The number of carbonyl (C=O) groups excluding carboxylic acids is 1. The van der Waals surface area contributed by atoms with Gasteiger partial charge in [-0.1, -0.05) is 12.1 Å². The highest BCUT2D eigenvalue weighted by Crippen LogP contribution is 2.19. The summed E-state index contributed by atoms with van der Waals surface area (Å²) in [5.74, 6) is 0.759. The van der Waals surface area contributed by atoms with Crippen LogP contribution in [0.25, 0.3) is 11.0 Å². The summed E-state index contributed by atoms with van der Waals surface area (Å²) < 4.78 is 10.3. The number of hydrogen-bond donors (Lipinski definition) is 1. The number of rotatable bonds is 4. The number of anilines is 1. The van der Waals surface area contributed by atoms with Gasteiger partial charge in [-0.15, -0.1) is 0 Å². The van der Waals surface area contributed by atoms with Crippen LogP contribution in [0.4, 0.5) is 10.5 Å². The second-order valence-corrected chi connectivity index (χ2v) is 5.22. The lowest BCUT2D eigenvalue weighted by atomic mass is 10.2. The molecule has 3 aromatic rings. The zero-order chi connectivity index (χ0) is 16.9. The summed E-state index contributed by atoms with van der Waals surface area (Å²) in [6.45, 7) is 1.99. The molecular weight excluding hydrogens is 306 g/mol. The molecule has 2 heterocycles. The lowest BCUT2D eigenvalue weighted by molar-refractivity contribution is 0.155. The van der Waals surface area contributed by atoms with Crippen molar-refractivity contribution in [2.24, 2.45) is 0 Å². The number of hydrogen-bond acceptors (Lipinski definition) is 5. The van der Waals surface area contributed by atoms with Crippen LogP contribution in [0.2, 0.25) is 0 Å². The smallest absolute Gasteiger partial charge is 0.412 e. The zero-order valence-corrected chi connectivity index (χ0v) is 13.4. The van der Waals surface area contributed by atoms with Crippen molar-refractivity contribution in [3.63, 3.8) is 0 Å². The Morgan fingerprint density at radius 2 is 2.00 bits per heavy atom. The quantitative estimate of drug-likeness (QED) is 0.792. The minimum Gasteiger partial charge on any atom is -0.497 e. The minimum absolute atomic E-state index is 0.178. The highest BCUT2D eigenvalue weighted by molar-refractivity contribution is 5.89. The Morgan fingerprint density at radius 1 is 1.21 bits per heavy atom. The number of aryl methyl sites for hydroxylation is 1. The van der Waals surface area contributed by atoms with Gasteiger partial charge in [0.15, 0.2) is 5.65 Å². The first kappa shape index (κ1) is 15.7. The van der Waals surface area contributed by atoms with E-state index in [1.54, 1.807) is 13.3 Å². The Bertz CT molecular complexity index is 863. The molecule has 0 bridgehead atoms. The number of amides is 1. The number of carbonyl (C=O) groups is 1. The van der Waals surface area contributed by atoms with Gasteiger partial charge in [0.1, 0.15) is 12.4 Å². The van der Waals surface area contributed by atoms with E-state index in [1.165, 1.54) is 0 Å². The molecule has 0 aliphatic rings. The van der Waals surface area contributed by atoms with Gasteiger partial charge in [0, 0.05) is 11.6 Å². The van der Waals surface area contributed by atoms with E-state index in [2.05, 4.69) is 15.3 Å². The predicted octanol–water partition coefficient (Wildman–Crippen LogP) is 3.70. The number of fused-ring (bicyclic) bond motifs is 1. The Balaban J connectivity index is 1.64. The Kier molecular flexibility index (Phi) is 4.56. The SMILES string of the molecule is COc1ccc(COC(=O)Nc2cc3cccnc3nc2C)cc1. The van der Waals surface area contributed by atoms with Crippen molar-refractivity contribution in [2.45, 2.75) is 13.5 Å². The first-order chi connectivity index (χ1) is 11.7. The van der Waals surface area contributed by atoms with Crippen LogP contribution in [0.15, 0.2) is 48.7 Å². The summed E-state index contributed by atoms with van der Waals surface area (Å²) in [4.78, 5) is 20.6. The summed E-state index contributed by atoms with van der Waals surface area (Å²) >= 11 is 0. The van der Waals surface area contributed by atoms with Crippen molar-refractivity contribution in [1.29, 1.82) is 0 Å². The number of methoxy groups -OCH3 is 1. The Hall–Kier alpha value is -3.15. The van der Waals surface area contributed by atoms with E-state index in [9.17, 15) is 4.79 Å². The molecule has 0 saturated carbocycles. The standard InChI is InChI=1S/C18H17N3O3/c1-12-16(10-14-4-3-9-19-17(14)20-12)21-18(22)24-11-13-5-7-15(23-2)8-6-13/h3-10H,11H2,1-2H3,(H,21,22). The molecule has 2 aromatic heterocycles. The Morgan fingerprint density at radius 3 is 2.75 bits per heavy atom. The fourth-order valence-electron chi connectivity index (χ4n) is 2.24. The van der Waals surface area contributed by atoms with Crippen LogP contribution in [0.1, 0.15) is 11.3 Å². The maximum atomic E-state index is 12.0. The lowest BCUT2D eigenvalue weighted by Gasteiger charge is -2.10. The largest absolute Gasteiger partial charge is 0.497 e. The monoisotopic (exact) mass is 323 g/mol. The molecule has 1 N–H and O–H groups in total. The summed E-state index contributed by atoms with van der Waals surface area (Å²) in [6.07, 6.45) is 1.16. The fourth-order valence-corrected chi connectivity index (χ4v) is 2.24. The summed E-state index contributed by atoms with van der Waals surface area (Å²) in [6, 6.07) is 12.9. The number of nitrogens with one attached hydrogen (secondary N) is 1.